The number of carboxylic acids is 1. The van der Waals surface area contributed by atoms with Crippen molar-refractivity contribution in [3.8, 4) is 0 Å². The normalized spacial score (nSPS) is 16.6. The van der Waals surface area contributed by atoms with Crippen LogP contribution in [0.15, 0.2) is 66.7 Å². The highest BCUT2D eigenvalue weighted by atomic mass is 35.5. The zero-order chi connectivity index (χ0) is 19.6. The van der Waals surface area contributed by atoms with Gasteiger partial charge in [0, 0.05) is 19.7 Å². The molecule has 1 heterocycles. The first-order valence-electron chi connectivity index (χ1n) is 10.1. The number of hydrogen-bond acceptors (Lipinski definition) is 3. The average Bonchev–Trinajstić information content (AvgIpc) is 2.74. The van der Waals surface area contributed by atoms with Crippen LogP contribution >= 0.6 is 12.4 Å². The van der Waals surface area contributed by atoms with Gasteiger partial charge in [0.2, 0.25) is 0 Å². The van der Waals surface area contributed by atoms with E-state index in [1.807, 2.05) is 12.1 Å². The zero-order valence-electron chi connectivity index (χ0n) is 16.7. The lowest BCUT2D eigenvalue weighted by atomic mass is 9.98. The van der Waals surface area contributed by atoms with Crippen molar-refractivity contribution in [3.63, 3.8) is 0 Å². The van der Waals surface area contributed by atoms with Crippen LogP contribution in [-0.2, 0) is 9.53 Å². The second-order valence-corrected chi connectivity index (χ2v) is 7.26. The minimum atomic E-state index is -0.666. The van der Waals surface area contributed by atoms with Crippen molar-refractivity contribution in [1.29, 1.82) is 0 Å². The Bertz CT molecular complexity index is 723. The molecule has 4 nitrogen and oxygen atoms in total. The molecule has 1 N–H and O–H groups in total. The molecule has 0 aliphatic carbocycles. The number of likely N-dealkylation sites (tertiary alicyclic amines) is 1. The van der Waals surface area contributed by atoms with Crippen molar-refractivity contribution in [1.82, 2.24) is 4.90 Å². The van der Waals surface area contributed by atoms with E-state index in [-0.39, 0.29) is 18.3 Å². The zero-order valence-corrected chi connectivity index (χ0v) is 17.5. The van der Waals surface area contributed by atoms with E-state index in [9.17, 15) is 9.90 Å². The number of nitrogens with zero attached hydrogens (tertiary/aromatic N) is 1. The van der Waals surface area contributed by atoms with Crippen molar-refractivity contribution in [2.45, 2.75) is 19.3 Å². The van der Waals surface area contributed by atoms with Crippen LogP contribution in [0.3, 0.4) is 0 Å². The SMILES string of the molecule is Cl.O=C(O)[C@@H]1CCCN(CCCOCC=C(c2ccccc2)c2ccccc2)C1. The lowest BCUT2D eigenvalue weighted by Crippen LogP contribution is -2.39. The van der Waals surface area contributed by atoms with Crippen LogP contribution in [0.4, 0.5) is 0 Å². The maximum atomic E-state index is 11.2. The number of benzene rings is 2. The van der Waals surface area contributed by atoms with Crippen LogP contribution in [0.1, 0.15) is 30.4 Å². The van der Waals surface area contributed by atoms with Gasteiger partial charge in [-0.2, -0.15) is 0 Å². The monoisotopic (exact) mass is 415 g/mol. The van der Waals surface area contributed by atoms with Gasteiger partial charge in [0.25, 0.3) is 0 Å². The lowest BCUT2D eigenvalue weighted by molar-refractivity contribution is -0.143. The van der Waals surface area contributed by atoms with Gasteiger partial charge in [-0.25, -0.2) is 0 Å². The summed E-state index contributed by atoms with van der Waals surface area (Å²) in [7, 11) is 0. The first-order valence-corrected chi connectivity index (χ1v) is 10.1. The van der Waals surface area contributed by atoms with E-state index in [1.165, 1.54) is 16.7 Å². The fourth-order valence-electron chi connectivity index (χ4n) is 3.71. The van der Waals surface area contributed by atoms with Gasteiger partial charge in [0.15, 0.2) is 0 Å². The summed E-state index contributed by atoms with van der Waals surface area (Å²) in [4.78, 5) is 13.4. The molecule has 0 aromatic heterocycles. The number of hydrogen-bond donors (Lipinski definition) is 1. The summed E-state index contributed by atoms with van der Waals surface area (Å²) in [5.74, 6) is -0.877. The second-order valence-electron chi connectivity index (χ2n) is 7.26. The van der Waals surface area contributed by atoms with E-state index in [1.54, 1.807) is 0 Å². The van der Waals surface area contributed by atoms with E-state index in [0.29, 0.717) is 19.8 Å². The van der Waals surface area contributed by atoms with Crippen LogP contribution in [0.5, 0.6) is 0 Å². The molecule has 3 rings (SSSR count). The molecule has 2 aromatic rings. The molecule has 1 saturated heterocycles. The summed E-state index contributed by atoms with van der Waals surface area (Å²) >= 11 is 0. The van der Waals surface area contributed by atoms with E-state index < -0.39 is 5.97 Å². The molecule has 5 heteroatoms. The fourth-order valence-corrected chi connectivity index (χ4v) is 3.71. The molecular formula is C24H30ClNO3. The van der Waals surface area contributed by atoms with Gasteiger partial charge < -0.3 is 14.7 Å². The second kappa shape index (κ2) is 12.4. The third-order valence-corrected chi connectivity index (χ3v) is 5.19. The van der Waals surface area contributed by atoms with E-state index >= 15 is 0 Å². The predicted molar refractivity (Wildman–Crippen MR) is 119 cm³/mol. The molecule has 29 heavy (non-hydrogen) atoms. The summed E-state index contributed by atoms with van der Waals surface area (Å²) in [5, 5.41) is 9.18. The van der Waals surface area contributed by atoms with Crippen LogP contribution in [0, 0.1) is 5.92 Å². The summed E-state index contributed by atoms with van der Waals surface area (Å²) in [6.07, 6.45) is 4.84. The Balaban J connectivity index is 0.00000300. The Kier molecular flexibility index (Phi) is 9.92. The standard InChI is InChI=1S/C24H29NO3.ClH/c26-24(27)22-13-7-15-25(19-22)16-8-17-28-18-14-23(20-9-3-1-4-10-20)21-11-5-2-6-12-21;/h1-6,9-12,14,22H,7-8,13,15-19H2,(H,26,27);1H/t22-;/m1./s1. The molecule has 1 fully saturated rings. The first kappa shape index (κ1) is 23.1. The van der Waals surface area contributed by atoms with Crippen molar-refractivity contribution < 1.29 is 14.6 Å². The highest BCUT2D eigenvalue weighted by Gasteiger charge is 2.24. The van der Waals surface area contributed by atoms with Gasteiger partial charge in [-0.1, -0.05) is 66.7 Å². The molecule has 0 radical (unpaired) electrons. The summed E-state index contributed by atoms with van der Waals surface area (Å²) in [5.41, 5.74) is 3.55. The number of rotatable bonds is 9. The minimum absolute atomic E-state index is 0. The summed E-state index contributed by atoms with van der Waals surface area (Å²) in [6.45, 7) is 3.81. The first-order chi connectivity index (χ1) is 13.7. The van der Waals surface area contributed by atoms with Crippen LogP contribution < -0.4 is 0 Å². The molecule has 0 saturated carbocycles. The predicted octanol–water partition coefficient (Wildman–Crippen LogP) is 4.74. The molecule has 2 aromatic carbocycles. The Labute approximate surface area is 179 Å². The minimum Gasteiger partial charge on any atom is -0.481 e. The van der Waals surface area contributed by atoms with Crippen molar-refractivity contribution in [2.75, 3.05) is 32.8 Å². The highest BCUT2D eigenvalue weighted by Crippen LogP contribution is 2.23. The molecule has 1 aliphatic heterocycles. The highest BCUT2D eigenvalue weighted by molar-refractivity contribution is 5.85. The van der Waals surface area contributed by atoms with Gasteiger partial charge in [-0.3, -0.25) is 4.79 Å². The Morgan fingerprint density at radius 1 is 1.07 bits per heavy atom. The maximum Gasteiger partial charge on any atom is 0.307 e. The number of carboxylic acid groups (broad SMARTS) is 1. The third-order valence-electron chi connectivity index (χ3n) is 5.19. The summed E-state index contributed by atoms with van der Waals surface area (Å²) < 4.78 is 5.85. The Hall–Kier alpha value is -2.14. The van der Waals surface area contributed by atoms with Gasteiger partial charge in [-0.05, 0) is 42.5 Å². The van der Waals surface area contributed by atoms with Crippen LogP contribution in [0.25, 0.3) is 5.57 Å². The molecule has 0 bridgehead atoms. The number of ether oxygens (including phenoxy) is 1. The molecule has 1 atom stereocenters. The molecule has 0 amide bonds. The van der Waals surface area contributed by atoms with E-state index in [0.717, 1.165) is 32.4 Å². The van der Waals surface area contributed by atoms with Gasteiger partial charge in [0.1, 0.15) is 0 Å². The average molecular weight is 416 g/mol. The molecule has 1 aliphatic rings. The quantitative estimate of drug-likeness (QED) is 0.601. The number of piperidine rings is 1. The van der Waals surface area contributed by atoms with Crippen molar-refractivity contribution >= 4 is 23.9 Å². The fraction of sp³-hybridized carbons (Fsp3) is 0.375. The molecular weight excluding hydrogens is 386 g/mol. The third kappa shape index (κ3) is 7.32. The molecule has 0 unspecified atom stereocenters. The number of carbonyl (C=O) groups is 1. The van der Waals surface area contributed by atoms with Crippen molar-refractivity contribution in [3.05, 3.63) is 77.9 Å². The van der Waals surface area contributed by atoms with Crippen LogP contribution in [0.2, 0.25) is 0 Å². The Morgan fingerprint density at radius 2 is 1.69 bits per heavy atom. The Morgan fingerprint density at radius 3 is 2.28 bits per heavy atom. The molecule has 0 spiro atoms. The van der Waals surface area contributed by atoms with Gasteiger partial charge >= 0.3 is 5.97 Å². The van der Waals surface area contributed by atoms with Gasteiger partial charge in [-0.15, -0.1) is 12.4 Å². The number of halogens is 1. The van der Waals surface area contributed by atoms with Gasteiger partial charge in [0.05, 0.1) is 12.5 Å². The number of aliphatic carboxylic acids is 1. The van der Waals surface area contributed by atoms with Crippen molar-refractivity contribution in [2.24, 2.45) is 5.92 Å². The topological polar surface area (TPSA) is 49.8 Å². The van der Waals surface area contributed by atoms with Crippen LogP contribution in [-0.4, -0.2) is 48.8 Å². The lowest BCUT2D eigenvalue weighted by Gasteiger charge is -2.30. The maximum absolute atomic E-state index is 11.2. The van der Waals surface area contributed by atoms with E-state index in [4.69, 9.17) is 4.74 Å². The smallest absolute Gasteiger partial charge is 0.307 e. The summed E-state index contributed by atoms with van der Waals surface area (Å²) in [6, 6.07) is 20.7. The largest absolute Gasteiger partial charge is 0.481 e. The van der Waals surface area contributed by atoms with E-state index in [2.05, 4.69) is 59.5 Å². The molecule has 156 valence electrons.